The van der Waals surface area contributed by atoms with Gasteiger partial charge in [0.2, 0.25) is 5.82 Å². The van der Waals surface area contributed by atoms with Gasteiger partial charge in [0, 0.05) is 33.2 Å². The number of carboxylic acid groups (broad SMARTS) is 1. The minimum absolute atomic E-state index is 0.0182. The molecule has 0 bridgehead atoms. The zero-order chi connectivity index (χ0) is 23.7. The highest BCUT2D eigenvalue weighted by Gasteiger charge is 2.14. The fraction of sp³-hybridized carbons (Fsp3) is 0.0400. The summed E-state index contributed by atoms with van der Waals surface area (Å²) in [6.45, 7) is 0. The minimum Gasteiger partial charge on any atom is -0.478 e. The third kappa shape index (κ3) is 4.33. The lowest BCUT2D eigenvalue weighted by Crippen LogP contribution is -1.95. The zero-order valence-electron chi connectivity index (χ0n) is 17.4. The SMILES string of the molecule is O=C(O)c1cccc(-c2nc(-c3ccc(-c4csc(-c5ccc(C(F)F)cc5)n4)cc3)no2)c1. The standard InChI is InChI=1S/C25H15F2N3O3S/c26-21(27)15-6-10-17(11-7-15)24-28-20(13-34-24)14-4-8-16(9-5-14)22-29-23(33-30-22)18-2-1-3-19(12-18)25(31)32/h1-13,21H,(H,31,32). The van der Waals surface area contributed by atoms with Gasteiger partial charge in [-0.1, -0.05) is 59.8 Å². The molecule has 34 heavy (non-hydrogen) atoms. The molecule has 5 rings (SSSR count). The highest BCUT2D eigenvalue weighted by atomic mass is 32.1. The van der Waals surface area contributed by atoms with Crippen LogP contribution in [0.2, 0.25) is 0 Å². The van der Waals surface area contributed by atoms with Crippen LogP contribution < -0.4 is 0 Å². The molecule has 0 fully saturated rings. The Kier molecular flexibility index (Phi) is 5.69. The van der Waals surface area contributed by atoms with E-state index in [9.17, 15) is 13.6 Å². The Hall–Kier alpha value is -4.24. The molecule has 0 saturated carbocycles. The van der Waals surface area contributed by atoms with Crippen LogP contribution in [-0.2, 0) is 0 Å². The fourth-order valence-corrected chi connectivity index (χ4v) is 4.18. The molecule has 5 aromatic rings. The molecule has 0 atom stereocenters. The van der Waals surface area contributed by atoms with Gasteiger partial charge in [-0.2, -0.15) is 4.98 Å². The normalized spacial score (nSPS) is 11.1. The third-order valence-corrected chi connectivity index (χ3v) is 6.03. The number of nitrogens with zero attached hydrogens (tertiary/aromatic N) is 3. The van der Waals surface area contributed by atoms with Gasteiger partial charge >= 0.3 is 5.97 Å². The number of halogens is 2. The second kappa shape index (κ2) is 8.95. The summed E-state index contributed by atoms with van der Waals surface area (Å²) in [7, 11) is 0. The van der Waals surface area contributed by atoms with Crippen LogP contribution in [0.5, 0.6) is 0 Å². The van der Waals surface area contributed by atoms with Crippen molar-refractivity contribution >= 4 is 17.3 Å². The smallest absolute Gasteiger partial charge is 0.335 e. The van der Waals surface area contributed by atoms with Crippen molar-refractivity contribution in [3.05, 3.63) is 89.3 Å². The van der Waals surface area contributed by atoms with Crippen LogP contribution in [-0.4, -0.2) is 26.2 Å². The van der Waals surface area contributed by atoms with Gasteiger partial charge in [-0.3, -0.25) is 0 Å². The molecule has 2 heterocycles. The van der Waals surface area contributed by atoms with E-state index in [1.165, 1.54) is 35.6 Å². The van der Waals surface area contributed by atoms with Gasteiger partial charge in [0.15, 0.2) is 0 Å². The first kappa shape index (κ1) is 21.6. The summed E-state index contributed by atoms with van der Waals surface area (Å²) in [5.74, 6) is -0.433. The Labute approximate surface area is 196 Å². The van der Waals surface area contributed by atoms with Crippen molar-refractivity contribution in [2.45, 2.75) is 6.43 Å². The van der Waals surface area contributed by atoms with E-state index in [-0.39, 0.29) is 17.0 Å². The van der Waals surface area contributed by atoms with Crippen molar-refractivity contribution in [3.63, 3.8) is 0 Å². The Morgan fingerprint density at radius 1 is 0.882 bits per heavy atom. The van der Waals surface area contributed by atoms with Gasteiger partial charge in [-0.15, -0.1) is 11.3 Å². The molecule has 0 aliphatic rings. The van der Waals surface area contributed by atoms with Crippen molar-refractivity contribution < 1.29 is 23.2 Å². The molecule has 6 nitrogen and oxygen atoms in total. The van der Waals surface area contributed by atoms with Gasteiger partial charge in [0.05, 0.1) is 11.3 Å². The fourth-order valence-electron chi connectivity index (χ4n) is 3.34. The number of thiazole rings is 1. The molecule has 0 unspecified atom stereocenters. The Balaban J connectivity index is 1.35. The van der Waals surface area contributed by atoms with Crippen LogP contribution in [0.1, 0.15) is 22.3 Å². The second-order valence-electron chi connectivity index (χ2n) is 7.35. The number of aromatic nitrogens is 3. The lowest BCUT2D eigenvalue weighted by Gasteiger charge is -2.01. The van der Waals surface area contributed by atoms with Gasteiger partial charge in [0.1, 0.15) is 5.01 Å². The molecule has 0 aliphatic carbocycles. The maximum atomic E-state index is 12.8. The lowest BCUT2D eigenvalue weighted by molar-refractivity contribution is 0.0697. The van der Waals surface area contributed by atoms with E-state index in [0.717, 1.165) is 27.4 Å². The summed E-state index contributed by atoms with van der Waals surface area (Å²) in [5, 5.41) is 15.8. The van der Waals surface area contributed by atoms with Crippen LogP contribution in [0, 0.1) is 0 Å². The summed E-state index contributed by atoms with van der Waals surface area (Å²) in [6.07, 6.45) is -2.50. The summed E-state index contributed by atoms with van der Waals surface area (Å²) >= 11 is 1.44. The molecule has 3 aromatic carbocycles. The topological polar surface area (TPSA) is 89.1 Å². The van der Waals surface area contributed by atoms with Crippen molar-refractivity contribution in [3.8, 4) is 44.7 Å². The first-order chi connectivity index (χ1) is 16.5. The largest absolute Gasteiger partial charge is 0.478 e. The third-order valence-electron chi connectivity index (χ3n) is 5.14. The van der Waals surface area contributed by atoms with E-state index in [0.29, 0.717) is 11.4 Å². The molecule has 0 aliphatic heterocycles. The highest BCUT2D eigenvalue weighted by molar-refractivity contribution is 7.13. The van der Waals surface area contributed by atoms with Gasteiger partial charge in [-0.25, -0.2) is 18.6 Å². The molecule has 1 N–H and O–H groups in total. The summed E-state index contributed by atoms with van der Waals surface area (Å²) in [5.41, 5.74) is 3.79. The molecule has 0 spiro atoms. The highest BCUT2D eigenvalue weighted by Crippen LogP contribution is 2.31. The molecule has 0 saturated heterocycles. The first-order valence-electron chi connectivity index (χ1n) is 10.1. The van der Waals surface area contributed by atoms with Gasteiger partial charge in [-0.05, 0) is 18.2 Å². The molecule has 0 amide bonds. The number of carboxylic acids is 1. The van der Waals surface area contributed by atoms with Crippen molar-refractivity contribution in [1.82, 2.24) is 15.1 Å². The molecule has 168 valence electrons. The Morgan fingerprint density at radius 2 is 1.59 bits per heavy atom. The van der Waals surface area contributed by atoms with E-state index < -0.39 is 12.4 Å². The van der Waals surface area contributed by atoms with Crippen LogP contribution in [0.3, 0.4) is 0 Å². The number of hydrogen-bond donors (Lipinski definition) is 1. The quantitative estimate of drug-likeness (QED) is 0.290. The maximum absolute atomic E-state index is 12.8. The van der Waals surface area contributed by atoms with Crippen LogP contribution in [0.25, 0.3) is 44.7 Å². The van der Waals surface area contributed by atoms with Gasteiger partial charge in [0.25, 0.3) is 12.3 Å². The van der Waals surface area contributed by atoms with E-state index in [1.54, 1.807) is 24.3 Å². The van der Waals surface area contributed by atoms with Gasteiger partial charge < -0.3 is 9.63 Å². The zero-order valence-corrected chi connectivity index (χ0v) is 18.2. The number of aromatic carboxylic acids is 1. The van der Waals surface area contributed by atoms with Crippen LogP contribution >= 0.6 is 11.3 Å². The van der Waals surface area contributed by atoms with Crippen LogP contribution in [0.4, 0.5) is 8.78 Å². The second-order valence-corrected chi connectivity index (χ2v) is 8.21. The first-order valence-corrected chi connectivity index (χ1v) is 11.0. The lowest BCUT2D eigenvalue weighted by atomic mass is 10.1. The Morgan fingerprint density at radius 3 is 2.29 bits per heavy atom. The summed E-state index contributed by atoms with van der Waals surface area (Å²) in [6, 6.07) is 19.8. The number of alkyl halides is 2. The maximum Gasteiger partial charge on any atom is 0.335 e. The summed E-state index contributed by atoms with van der Waals surface area (Å²) < 4.78 is 30.8. The predicted octanol–water partition coefficient (Wildman–Crippen LogP) is 6.83. The molecule has 0 radical (unpaired) electrons. The van der Waals surface area contributed by atoms with Crippen LogP contribution in [0.15, 0.2) is 82.7 Å². The number of hydrogen-bond acceptors (Lipinski definition) is 6. The van der Waals surface area contributed by atoms with Crippen molar-refractivity contribution in [2.75, 3.05) is 0 Å². The molecular formula is C25H15F2N3O3S. The van der Waals surface area contributed by atoms with E-state index in [1.807, 2.05) is 29.6 Å². The number of benzene rings is 3. The van der Waals surface area contributed by atoms with E-state index in [2.05, 4.69) is 15.1 Å². The predicted molar refractivity (Wildman–Crippen MR) is 124 cm³/mol. The molecule has 9 heteroatoms. The average molecular weight is 475 g/mol. The monoisotopic (exact) mass is 475 g/mol. The number of rotatable bonds is 6. The molecule has 2 aromatic heterocycles. The minimum atomic E-state index is -2.50. The van der Waals surface area contributed by atoms with Crippen molar-refractivity contribution in [2.24, 2.45) is 0 Å². The van der Waals surface area contributed by atoms with E-state index >= 15 is 0 Å². The number of carbonyl (C=O) groups is 1. The summed E-state index contributed by atoms with van der Waals surface area (Å²) in [4.78, 5) is 20.2. The van der Waals surface area contributed by atoms with E-state index in [4.69, 9.17) is 9.63 Å². The average Bonchev–Trinajstić information content (AvgIpc) is 3.55. The van der Waals surface area contributed by atoms with Crippen molar-refractivity contribution in [1.29, 1.82) is 0 Å². The Bertz CT molecular complexity index is 1460. The molecular weight excluding hydrogens is 460 g/mol.